The van der Waals surface area contributed by atoms with E-state index in [9.17, 15) is 18.8 Å². The predicted octanol–water partition coefficient (Wildman–Crippen LogP) is -0.233. The lowest BCUT2D eigenvalue weighted by molar-refractivity contribution is -0.153. The van der Waals surface area contributed by atoms with Crippen molar-refractivity contribution >= 4 is 18.0 Å². The van der Waals surface area contributed by atoms with Gasteiger partial charge in [-0.05, 0) is 6.92 Å². The second-order valence-corrected chi connectivity index (χ2v) is 2.59. The molecule has 0 aromatic carbocycles. The Morgan fingerprint density at radius 1 is 1.38 bits per heavy atom. The van der Waals surface area contributed by atoms with Gasteiger partial charge in [0.1, 0.15) is 0 Å². The number of amides is 3. The minimum Gasteiger partial charge on any atom is -0.333 e. The molecule has 0 saturated carbocycles. The number of piperazine rings is 1. The van der Waals surface area contributed by atoms with Crippen LogP contribution in [0.5, 0.6) is 0 Å². The van der Waals surface area contributed by atoms with Crippen molar-refractivity contribution in [3.05, 3.63) is 0 Å². The first-order valence-electron chi connectivity index (χ1n) is 3.88. The van der Waals surface area contributed by atoms with Gasteiger partial charge in [0.15, 0.2) is 0 Å². The molecule has 0 atom stereocenters. The summed E-state index contributed by atoms with van der Waals surface area (Å²) >= 11 is 0. The first kappa shape index (κ1) is 9.63. The van der Waals surface area contributed by atoms with Crippen LogP contribution in [0.1, 0.15) is 6.92 Å². The lowest BCUT2D eigenvalue weighted by Crippen LogP contribution is -2.54. The van der Waals surface area contributed by atoms with Crippen molar-refractivity contribution < 1.29 is 18.8 Å². The van der Waals surface area contributed by atoms with E-state index in [1.54, 1.807) is 6.92 Å². The summed E-state index contributed by atoms with van der Waals surface area (Å²) in [7, 11) is 0. The highest BCUT2D eigenvalue weighted by Crippen LogP contribution is 2.05. The Bertz CT molecular complexity index is 266. The number of carbonyl (C=O) groups is 3. The van der Waals surface area contributed by atoms with E-state index in [1.165, 1.54) is 4.90 Å². The summed E-state index contributed by atoms with van der Waals surface area (Å²) in [5.74, 6) is -1.90. The van der Waals surface area contributed by atoms with Gasteiger partial charge in [0.25, 0.3) is 0 Å². The van der Waals surface area contributed by atoms with E-state index in [0.717, 1.165) is 0 Å². The second kappa shape index (κ2) is 3.51. The summed E-state index contributed by atoms with van der Waals surface area (Å²) in [5.41, 5.74) is 0. The van der Waals surface area contributed by atoms with Crippen LogP contribution in [0.2, 0.25) is 0 Å². The third-order valence-corrected chi connectivity index (χ3v) is 1.90. The summed E-state index contributed by atoms with van der Waals surface area (Å²) in [4.78, 5) is 33.9. The number of imide groups is 1. The summed E-state index contributed by atoms with van der Waals surface area (Å²) in [6.07, 6.45) is -1.87. The van der Waals surface area contributed by atoms with E-state index in [0.29, 0.717) is 11.4 Å². The van der Waals surface area contributed by atoms with Crippen LogP contribution in [0.25, 0.3) is 0 Å². The molecule has 1 saturated heterocycles. The molecule has 0 spiro atoms. The van der Waals surface area contributed by atoms with E-state index in [1.807, 2.05) is 0 Å². The molecule has 0 aliphatic carbocycles. The maximum absolute atomic E-state index is 12.1. The number of halogens is 1. The lowest BCUT2D eigenvalue weighted by Gasteiger charge is -2.29. The van der Waals surface area contributed by atoms with Crippen molar-refractivity contribution in [1.82, 2.24) is 9.80 Å². The van der Waals surface area contributed by atoms with Crippen LogP contribution in [-0.2, 0) is 9.59 Å². The molecule has 1 fully saturated rings. The van der Waals surface area contributed by atoms with Gasteiger partial charge in [-0.1, -0.05) is 0 Å². The Kier molecular flexibility index (Phi) is 2.60. The topological polar surface area (TPSA) is 57.7 Å². The lowest BCUT2D eigenvalue weighted by atomic mass is 10.3. The Morgan fingerprint density at radius 2 is 2.00 bits per heavy atom. The summed E-state index contributed by atoms with van der Waals surface area (Å²) in [6.45, 7) is 2.24. The zero-order valence-electron chi connectivity index (χ0n) is 7.12. The fourth-order valence-corrected chi connectivity index (χ4v) is 1.14. The molecule has 0 aromatic rings. The van der Waals surface area contributed by atoms with E-state index < -0.39 is 18.0 Å². The van der Waals surface area contributed by atoms with Crippen LogP contribution >= 0.6 is 0 Å². The normalized spacial score (nSPS) is 18.0. The van der Waals surface area contributed by atoms with Gasteiger partial charge in [-0.3, -0.25) is 9.59 Å². The highest BCUT2D eigenvalue weighted by molar-refractivity contribution is 6.37. The fourth-order valence-electron chi connectivity index (χ4n) is 1.14. The summed E-state index contributed by atoms with van der Waals surface area (Å²) in [5, 5.41) is 0. The Labute approximate surface area is 74.1 Å². The van der Waals surface area contributed by atoms with Crippen LogP contribution in [0.15, 0.2) is 0 Å². The smallest absolute Gasteiger partial charge is 0.333 e. The number of nitrogens with zero attached hydrogens (tertiary/aromatic N) is 2. The third kappa shape index (κ3) is 1.66. The maximum Gasteiger partial charge on any atom is 0.407 e. The van der Waals surface area contributed by atoms with Gasteiger partial charge in [-0.15, -0.1) is 4.39 Å². The average molecular weight is 188 g/mol. The van der Waals surface area contributed by atoms with Crippen LogP contribution < -0.4 is 0 Å². The maximum atomic E-state index is 12.1. The van der Waals surface area contributed by atoms with Gasteiger partial charge in [0, 0.05) is 19.6 Å². The van der Waals surface area contributed by atoms with Crippen LogP contribution in [0.4, 0.5) is 9.18 Å². The molecule has 1 aliphatic heterocycles. The van der Waals surface area contributed by atoms with Crippen molar-refractivity contribution in [3.63, 3.8) is 0 Å². The minimum atomic E-state index is -1.87. The monoisotopic (exact) mass is 188 g/mol. The summed E-state index contributed by atoms with van der Waals surface area (Å²) < 4.78 is 12.1. The van der Waals surface area contributed by atoms with Crippen LogP contribution in [0, 0.1) is 0 Å². The molecule has 0 bridgehead atoms. The Morgan fingerprint density at radius 3 is 2.46 bits per heavy atom. The van der Waals surface area contributed by atoms with Gasteiger partial charge < -0.3 is 4.90 Å². The SMILES string of the molecule is CCN1CCN(C(=O)F)C(=O)C1=O. The molecule has 5 nitrogen and oxygen atoms in total. The van der Waals surface area contributed by atoms with Gasteiger partial charge in [-0.25, -0.2) is 9.69 Å². The van der Waals surface area contributed by atoms with Gasteiger partial charge in [0.2, 0.25) is 0 Å². The highest BCUT2D eigenvalue weighted by atomic mass is 19.1. The molecule has 1 aliphatic rings. The molecule has 72 valence electrons. The molecule has 6 heteroatoms. The third-order valence-electron chi connectivity index (χ3n) is 1.90. The molecule has 0 N–H and O–H groups in total. The largest absolute Gasteiger partial charge is 0.407 e. The van der Waals surface area contributed by atoms with Gasteiger partial charge in [-0.2, -0.15) is 0 Å². The van der Waals surface area contributed by atoms with E-state index >= 15 is 0 Å². The predicted molar refractivity (Wildman–Crippen MR) is 40.5 cm³/mol. The molecular formula is C7H9FN2O3. The molecule has 0 unspecified atom stereocenters. The van der Waals surface area contributed by atoms with Crippen molar-refractivity contribution in [1.29, 1.82) is 0 Å². The molecule has 0 aromatic heterocycles. The average Bonchev–Trinajstić information content (AvgIpc) is 2.09. The van der Waals surface area contributed by atoms with Gasteiger partial charge >= 0.3 is 18.0 Å². The van der Waals surface area contributed by atoms with Crippen LogP contribution in [0.3, 0.4) is 0 Å². The minimum absolute atomic E-state index is 0.0618. The number of carbonyl (C=O) groups excluding carboxylic acids is 3. The molecule has 1 heterocycles. The molecule has 13 heavy (non-hydrogen) atoms. The summed E-state index contributed by atoms with van der Waals surface area (Å²) in [6, 6.07) is 0. The Hall–Kier alpha value is -1.46. The van der Waals surface area contributed by atoms with Gasteiger partial charge in [0.05, 0.1) is 0 Å². The van der Waals surface area contributed by atoms with Crippen molar-refractivity contribution in [2.75, 3.05) is 19.6 Å². The zero-order chi connectivity index (χ0) is 10.0. The number of hydrogen-bond donors (Lipinski definition) is 0. The Balaban J connectivity index is 2.76. The van der Waals surface area contributed by atoms with Crippen molar-refractivity contribution in [3.8, 4) is 0 Å². The van der Waals surface area contributed by atoms with E-state index in [-0.39, 0.29) is 13.1 Å². The van der Waals surface area contributed by atoms with Crippen LogP contribution in [-0.4, -0.2) is 47.4 Å². The van der Waals surface area contributed by atoms with E-state index in [2.05, 4.69) is 0 Å². The number of hydrogen-bond acceptors (Lipinski definition) is 3. The second-order valence-electron chi connectivity index (χ2n) is 2.59. The van der Waals surface area contributed by atoms with Crippen molar-refractivity contribution in [2.24, 2.45) is 0 Å². The van der Waals surface area contributed by atoms with Crippen molar-refractivity contribution in [2.45, 2.75) is 6.92 Å². The quantitative estimate of drug-likeness (QED) is 0.324. The molecular weight excluding hydrogens is 179 g/mol. The van der Waals surface area contributed by atoms with E-state index in [4.69, 9.17) is 0 Å². The fraction of sp³-hybridized carbons (Fsp3) is 0.571. The standard InChI is InChI=1S/C7H9FN2O3/c1-2-9-3-4-10(7(8)13)6(12)5(9)11/h2-4H2,1H3. The highest BCUT2D eigenvalue weighted by Gasteiger charge is 2.35. The number of likely N-dealkylation sites (N-methyl/N-ethyl adjacent to an activating group) is 1. The first-order valence-corrected chi connectivity index (χ1v) is 3.88. The molecule has 3 amide bonds. The first-order chi connectivity index (χ1) is 6.07. The number of rotatable bonds is 1. The molecule has 0 radical (unpaired) electrons. The molecule has 1 rings (SSSR count). The zero-order valence-corrected chi connectivity index (χ0v) is 7.12.